The van der Waals surface area contributed by atoms with Gasteiger partial charge in [0.25, 0.3) is 5.69 Å². The number of imidazole rings is 1. The first-order valence-corrected chi connectivity index (χ1v) is 8.17. The van der Waals surface area contributed by atoms with Gasteiger partial charge in [-0.15, -0.1) is 0 Å². The molecule has 0 saturated heterocycles. The zero-order chi connectivity index (χ0) is 18.7. The Hall–Kier alpha value is -2.97. The van der Waals surface area contributed by atoms with Gasteiger partial charge in [0.1, 0.15) is 17.7 Å². The second-order valence-corrected chi connectivity index (χ2v) is 6.12. The Balaban J connectivity index is 1.72. The summed E-state index contributed by atoms with van der Waals surface area (Å²) in [6, 6.07) is 13.5. The molecule has 0 fully saturated rings. The number of fused-ring (bicyclic) bond motifs is 1. The summed E-state index contributed by atoms with van der Waals surface area (Å²) in [6.07, 6.45) is -1.41. The van der Waals surface area contributed by atoms with Gasteiger partial charge in [0, 0.05) is 12.1 Å². The highest BCUT2D eigenvalue weighted by Crippen LogP contribution is 2.21. The van der Waals surface area contributed by atoms with Crippen molar-refractivity contribution < 1.29 is 14.8 Å². The Kier molecular flexibility index (Phi) is 5.15. The van der Waals surface area contributed by atoms with E-state index < -0.39 is 17.3 Å². The number of hydrogen-bond donors (Lipinski definition) is 2. The quantitative estimate of drug-likeness (QED) is 0.383. The number of rotatable bonds is 7. The van der Waals surface area contributed by atoms with Crippen molar-refractivity contribution in [2.24, 2.45) is 0 Å². The fourth-order valence-corrected chi connectivity index (χ4v) is 2.75. The zero-order valence-corrected chi connectivity index (χ0v) is 14.5. The number of para-hydroxylation sites is 2. The minimum absolute atomic E-state index is 0.0124. The molecule has 26 heavy (non-hydrogen) atoms. The van der Waals surface area contributed by atoms with Gasteiger partial charge in [-0.05, 0) is 38.2 Å². The number of hydrogen-bond acceptors (Lipinski definition) is 6. The van der Waals surface area contributed by atoms with Gasteiger partial charge in [0.15, 0.2) is 6.23 Å². The third kappa shape index (κ3) is 3.98. The molecule has 0 aliphatic heterocycles. The minimum Gasteiger partial charge on any atom is -0.472 e. The summed E-state index contributed by atoms with van der Waals surface area (Å²) < 4.78 is 5.83. The fourth-order valence-electron chi connectivity index (χ4n) is 2.75. The Labute approximate surface area is 150 Å². The molecule has 1 aromatic heterocycles. The normalized spacial score (nSPS) is 13.7. The number of H-pyrrole nitrogens is 1. The summed E-state index contributed by atoms with van der Waals surface area (Å²) in [5.74, 6) is 1.20. The van der Waals surface area contributed by atoms with E-state index >= 15 is 0 Å². The largest absolute Gasteiger partial charge is 0.472 e. The highest BCUT2D eigenvalue weighted by Gasteiger charge is 2.23. The van der Waals surface area contributed by atoms with E-state index in [-0.39, 0.29) is 5.69 Å². The molecule has 0 saturated carbocycles. The first-order valence-electron chi connectivity index (χ1n) is 8.17. The average molecular weight is 356 g/mol. The molecule has 0 spiro atoms. The van der Waals surface area contributed by atoms with Crippen LogP contribution >= 0.6 is 0 Å². The highest BCUT2D eigenvalue weighted by atomic mass is 16.6. The predicted octanol–water partition coefficient (Wildman–Crippen LogP) is 2.69. The van der Waals surface area contributed by atoms with Crippen LogP contribution < -0.4 is 4.74 Å². The number of nitrogens with zero attached hydrogens (tertiary/aromatic N) is 3. The van der Waals surface area contributed by atoms with Crippen molar-refractivity contribution in [3.8, 4) is 5.75 Å². The monoisotopic (exact) mass is 356 g/mol. The molecule has 0 bridgehead atoms. The van der Waals surface area contributed by atoms with Crippen LogP contribution in [0.15, 0.2) is 48.5 Å². The van der Waals surface area contributed by atoms with E-state index in [0.717, 1.165) is 16.9 Å². The van der Waals surface area contributed by atoms with Gasteiger partial charge in [0.2, 0.25) is 0 Å². The lowest BCUT2D eigenvalue weighted by Crippen LogP contribution is -2.44. The van der Waals surface area contributed by atoms with Gasteiger partial charge in [-0.1, -0.05) is 12.1 Å². The van der Waals surface area contributed by atoms with Gasteiger partial charge >= 0.3 is 0 Å². The van der Waals surface area contributed by atoms with Crippen LogP contribution in [-0.4, -0.2) is 44.3 Å². The third-order valence-corrected chi connectivity index (χ3v) is 3.99. The molecule has 8 nitrogen and oxygen atoms in total. The van der Waals surface area contributed by atoms with Crippen LogP contribution in [0.2, 0.25) is 0 Å². The molecule has 3 aromatic rings. The Morgan fingerprint density at radius 1 is 1.27 bits per heavy atom. The maximum absolute atomic E-state index is 10.7. The van der Waals surface area contributed by atoms with E-state index in [2.05, 4.69) is 9.97 Å². The van der Waals surface area contributed by atoms with Gasteiger partial charge < -0.3 is 14.8 Å². The van der Waals surface area contributed by atoms with Crippen molar-refractivity contribution in [1.82, 2.24) is 14.9 Å². The molecule has 8 heteroatoms. The molecule has 2 atom stereocenters. The SMILES string of the molecule is CC(O)C(Oc1ccc([N+](=O)[O-])cc1)N(C)Cc1nc2ccccc2[nH]1. The number of aromatic amines is 1. The molecule has 0 radical (unpaired) electrons. The lowest BCUT2D eigenvalue weighted by molar-refractivity contribution is -0.384. The van der Waals surface area contributed by atoms with Crippen LogP contribution in [0.5, 0.6) is 5.75 Å². The number of aromatic nitrogens is 2. The number of benzene rings is 2. The molecule has 2 unspecified atom stereocenters. The molecule has 2 aromatic carbocycles. The summed E-state index contributed by atoms with van der Waals surface area (Å²) in [7, 11) is 1.82. The number of ether oxygens (including phenoxy) is 1. The van der Waals surface area contributed by atoms with E-state index in [4.69, 9.17) is 4.74 Å². The second-order valence-electron chi connectivity index (χ2n) is 6.12. The van der Waals surface area contributed by atoms with E-state index in [0.29, 0.717) is 12.3 Å². The molecule has 1 heterocycles. The highest BCUT2D eigenvalue weighted by molar-refractivity contribution is 5.74. The van der Waals surface area contributed by atoms with Crippen molar-refractivity contribution in [2.75, 3.05) is 7.05 Å². The van der Waals surface area contributed by atoms with Crippen LogP contribution in [0.25, 0.3) is 11.0 Å². The first kappa shape index (κ1) is 17.8. The van der Waals surface area contributed by atoms with Crippen molar-refractivity contribution in [3.63, 3.8) is 0 Å². The van der Waals surface area contributed by atoms with Gasteiger partial charge in [-0.25, -0.2) is 4.98 Å². The minimum atomic E-state index is -0.778. The van der Waals surface area contributed by atoms with Gasteiger partial charge in [0.05, 0.1) is 22.5 Å². The Bertz CT molecular complexity index is 859. The van der Waals surface area contributed by atoms with E-state index in [1.807, 2.05) is 36.2 Å². The Morgan fingerprint density at radius 2 is 1.96 bits per heavy atom. The average Bonchev–Trinajstić information content (AvgIpc) is 3.01. The summed E-state index contributed by atoms with van der Waals surface area (Å²) in [6.45, 7) is 2.07. The molecule has 3 rings (SSSR count). The summed E-state index contributed by atoms with van der Waals surface area (Å²) in [5, 5.41) is 20.8. The van der Waals surface area contributed by atoms with E-state index in [9.17, 15) is 15.2 Å². The lowest BCUT2D eigenvalue weighted by atomic mass is 10.3. The molecular weight excluding hydrogens is 336 g/mol. The van der Waals surface area contributed by atoms with Gasteiger partial charge in [-0.3, -0.25) is 15.0 Å². The number of aliphatic hydroxyl groups is 1. The maximum atomic E-state index is 10.7. The zero-order valence-electron chi connectivity index (χ0n) is 14.5. The fraction of sp³-hybridized carbons (Fsp3) is 0.278. The molecule has 0 amide bonds. The second kappa shape index (κ2) is 7.51. The summed E-state index contributed by atoms with van der Waals surface area (Å²) in [5.41, 5.74) is 1.81. The standard InChI is InChI=1S/C18H20N4O4/c1-12(23)18(26-14-9-7-13(8-10-14)22(24)25)21(2)11-17-19-15-5-3-4-6-16(15)20-17/h3-10,12,18,23H,11H2,1-2H3,(H,19,20). The molecule has 2 N–H and O–H groups in total. The van der Waals surface area contributed by atoms with Crippen LogP contribution in [0.4, 0.5) is 5.69 Å². The van der Waals surface area contributed by atoms with Gasteiger partial charge in [-0.2, -0.15) is 0 Å². The smallest absolute Gasteiger partial charge is 0.269 e. The van der Waals surface area contributed by atoms with Crippen molar-refractivity contribution in [2.45, 2.75) is 25.8 Å². The lowest BCUT2D eigenvalue weighted by Gasteiger charge is -2.30. The predicted molar refractivity (Wildman–Crippen MR) is 96.8 cm³/mol. The third-order valence-electron chi connectivity index (χ3n) is 3.99. The molecule has 0 aliphatic rings. The topological polar surface area (TPSA) is 105 Å². The van der Waals surface area contributed by atoms with E-state index in [1.54, 1.807) is 6.92 Å². The van der Waals surface area contributed by atoms with Crippen molar-refractivity contribution >= 4 is 16.7 Å². The molecule has 136 valence electrons. The van der Waals surface area contributed by atoms with Crippen LogP contribution in [0, 0.1) is 10.1 Å². The van der Waals surface area contributed by atoms with Crippen LogP contribution in [-0.2, 0) is 6.54 Å². The Morgan fingerprint density at radius 3 is 2.58 bits per heavy atom. The summed E-state index contributed by atoms with van der Waals surface area (Å²) >= 11 is 0. The van der Waals surface area contributed by atoms with Crippen molar-refractivity contribution in [1.29, 1.82) is 0 Å². The number of nitro groups is 1. The first-order chi connectivity index (χ1) is 12.4. The summed E-state index contributed by atoms with van der Waals surface area (Å²) in [4.78, 5) is 19.9. The number of nitrogens with one attached hydrogen (secondary N) is 1. The van der Waals surface area contributed by atoms with Crippen LogP contribution in [0.1, 0.15) is 12.7 Å². The van der Waals surface area contributed by atoms with Crippen LogP contribution in [0.3, 0.4) is 0 Å². The number of nitro benzene ring substituents is 1. The number of aliphatic hydroxyl groups excluding tert-OH is 1. The van der Waals surface area contributed by atoms with Crippen molar-refractivity contribution in [3.05, 3.63) is 64.5 Å². The van der Waals surface area contributed by atoms with E-state index in [1.165, 1.54) is 24.3 Å². The maximum Gasteiger partial charge on any atom is 0.269 e. The number of non-ortho nitro benzene ring substituents is 1. The molecule has 0 aliphatic carbocycles. The molecular formula is C18H20N4O4. The number of likely N-dealkylation sites (N-methyl/N-ethyl adjacent to an activating group) is 1.